The number of rotatable bonds is 3. The Hall–Kier alpha value is -1.09. The number of nitrogens with one attached hydrogen (secondary N) is 1. The van der Waals surface area contributed by atoms with Crippen LogP contribution in [-0.2, 0) is 4.74 Å². The van der Waals surface area contributed by atoms with Crippen LogP contribution in [0.15, 0.2) is 15.8 Å². The molecule has 0 amide bonds. The van der Waals surface area contributed by atoms with Gasteiger partial charge < -0.3 is 14.9 Å². The predicted octanol–water partition coefficient (Wildman–Crippen LogP) is -1.21. The summed E-state index contributed by atoms with van der Waals surface area (Å²) in [6.07, 6.45) is -0.145. The van der Waals surface area contributed by atoms with Crippen LogP contribution < -0.4 is 11.2 Å². The third-order valence-corrected chi connectivity index (χ3v) is 3.93. The second-order valence-electron chi connectivity index (χ2n) is 4.68. The van der Waals surface area contributed by atoms with Gasteiger partial charge in [-0.1, -0.05) is 0 Å². The molecule has 1 aromatic heterocycles. The van der Waals surface area contributed by atoms with Gasteiger partial charge in [-0.15, -0.1) is 0 Å². The van der Waals surface area contributed by atoms with E-state index in [1.807, 2.05) is 0 Å². The summed E-state index contributed by atoms with van der Waals surface area (Å²) >= 11 is 4.07. The molecule has 0 aliphatic carbocycles. The molecule has 0 bridgehead atoms. The van der Waals surface area contributed by atoms with Gasteiger partial charge in [0.15, 0.2) is 0 Å². The van der Waals surface area contributed by atoms with E-state index in [1.54, 1.807) is 6.92 Å². The lowest BCUT2D eigenvalue weighted by atomic mass is 10.0. The number of aliphatic hydroxyl groups excluding tert-OH is 2. The molecule has 8 heteroatoms. The van der Waals surface area contributed by atoms with Crippen molar-refractivity contribution in [2.24, 2.45) is 0 Å². The molecule has 1 fully saturated rings. The molecule has 106 valence electrons. The lowest BCUT2D eigenvalue weighted by Gasteiger charge is -2.28. The van der Waals surface area contributed by atoms with E-state index in [4.69, 9.17) is 4.74 Å². The highest BCUT2D eigenvalue weighted by molar-refractivity contribution is 7.80. The second-order valence-corrected chi connectivity index (χ2v) is 5.00. The largest absolute Gasteiger partial charge is 0.393 e. The molecule has 0 spiro atoms. The van der Waals surface area contributed by atoms with Crippen molar-refractivity contribution in [1.82, 2.24) is 9.55 Å². The van der Waals surface area contributed by atoms with Crippen LogP contribution in [0.2, 0.25) is 0 Å². The fourth-order valence-electron chi connectivity index (χ4n) is 2.11. The van der Waals surface area contributed by atoms with Gasteiger partial charge in [0.05, 0.1) is 12.7 Å². The third-order valence-electron chi connectivity index (χ3n) is 3.39. The quantitative estimate of drug-likeness (QED) is 0.522. The maximum absolute atomic E-state index is 11.7. The van der Waals surface area contributed by atoms with E-state index in [9.17, 15) is 19.8 Å². The Morgan fingerprint density at radius 2 is 2.32 bits per heavy atom. The van der Waals surface area contributed by atoms with E-state index in [1.165, 1.54) is 10.8 Å². The van der Waals surface area contributed by atoms with Crippen molar-refractivity contribution in [3.8, 4) is 0 Å². The molecule has 0 aromatic carbocycles. The van der Waals surface area contributed by atoms with Gasteiger partial charge in [0.1, 0.15) is 11.8 Å². The van der Waals surface area contributed by atoms with Crippen LogP contribution in [0.25, 0.3) is 0 Å². The van der Waals surface area contributed by atoms with E-state index in [-0.39, 0.29) is 12.2 Å². The van der Waals surface area contributed by atoms with Crippen LogP contribution in [-0.4, -0.2) is 43.8 Å². The molecule has 3 N–H and O–H groups in total. The summed E-state index contributed by atoms with van der Waals surface area (Å²) in [7, 11) is 0. The van der Waals surface area contributed by atoms with Crippen LogP contribution in [0, 0.1) is 6.92 Å². The van der Waals surface area contributed by atoms with Gasteiger partial charge >= 0.3 is 5.69 Å². The summed E-state index contributed by atoms with van der Waals surface area (Å²) in [6, 6.07) is 0. The Balaban J connectivity index is 2.38. The van der Waals surface area contributed by atoms with Gasteiger partial charge in [0.25, 0.3) is 5.56 Å². The molecule has 1 aliphatic heterocycles. The van der Waals surface area contributed by atoms with Crippen LogP contribution in [0.1, 0.15) is 18.2 Å². The SMILES string of the molecule is Cc1cn([C@H]2CC(O)[C@](CO)(CS)O2)c(=O)[nH]c1=O. The van der Waals surface area contributed by atoms with Crippen molar-refractivity contribution in [2.75, 3.05) is 12.4 Å². The van der Waals surface area contributed by atoms with Gasteiger partial charge in [-0.3, -0.25) is 14.3 Å². The number of hydrogen-bond acceptors (Lipinski definition) is 6. The van der Waals surface area contributed by atoms with Gasteiger partial charge in [0, 0.05) is 23.9 Å². The average Bonchev–Trinajstić information content (AvgIpc) is 2.71. The van der Waals surface area contributed by atoms with Crippen LogP contribution in [0.5, 0.6) is 0 Å². The normalized spacial score (nSPS) is 30.7. The number of aliphatic hydroxyl groups is 2. The van der Waals surface area contributed by atoms with E-state index in [0.29, 0.717) is 5.56 Å². The van der Waals surface area contributed by atoms with Crippen molar-refractivity contribution in [1.29, 1.82) is 0 Å². The van der Waals surface area contributed by atoms with Crippen molar-refractivity contribution < 1.29 is 14.9 Å². The highest BCUT2D eigenvalue weighted by atomic mass is 32.1. The fraction of sp³-hybridized carbons (Fsp3) is 0.636. The zero-order valence-electron chi connectivity index (χ0n) is 10.4. The average molecular weight is 288 g/mol. The van der Waals surface area contributed by atoms with Crippen molar-refractivity contribution in [3.63, 3.8) is 0 Å². The Bertz CT molecular complexity index is 577. The summed E-state index contributed by atoms with van der Waals surface area (Å²) in [6.45, 7) is 1.17. The molecule has 0 saturated carbocycles. The van der Waals surface area contributed by atoms with Crippen molar-refractivity contribution >= 4 is 12.6 Å². The zero-order chi connectivity index (χ0) is 14.2. The molecule has 1 unspecified atom stereocenters. The highest BCUT2D eigenvalue weighted by Crippen LogP contribution is 2.36. The van der Waals surface area contributed by atoms with E-state index >= 15 is 0 Å². The lowest BCUT2D eigenvalue weighted by Crippen LogP contribution is -2.45. The summed E-state index contributed by atoms with van der Waals surface area (Å²) in [5.41, 5.74) is -1.88. The van der Waals surface area contributed by atoms with E-state index in [0.717, 1.165) is 0 Å². The zero-order valence-corrected chi connectivity index (χ0v) is 11.3. The summed E-state index contributed by atoms with van der Waals surface area (Å²) in [4.78, 5) is 25.2. The highest BCUT2D eigenvalue weighted by Gasteiger charge is 2.47. The summed E-state index contributed by atoms with van der Waals surface area (Å²) in [5, 5.41) is 19.3. The maximum Gasteiger partial charge on any atom is 0.330 e. The van der Waals surface area contributed by atoms with Gasteiger partial charge in [-0.05, 0) is 6.92 Å². The minimum Gasteiger partial charge on any atom is -0.393 e. The molecule has 0 radical (unpaired) electrons. The number of ether oxygens (including phenoxy) is 1. The Morgan fingerprint density at radius 1 is 1.63 bits per heavy atom. The predicted molar refractivity (Wildman–Crippen MR) is 70.5 cm³/mol. The molecular weight excluding hydrogens is 272 g/mol. The molecular formula is C11H16N2O5S. The molecule has 2 rings (SSSR count). The number of aromatic amines is 1. The standard InChI is InChI=1S/C11H16N2O5S/c1-6-3-13(10(17)12-9(6)16)8-2-7(15)11(4-14,5-19)18-8/h3,7-8,14-15,19H,2,4-5H2,1H3,(H,12,16,17)/t7?,8-,11+/m1/s1. The molecule has 1 aliphatic rings. The minimum absolute atomic E-state index is 0.123. The van der Waals surface area contributed by atoms with Crippen molar-refractivity contribution in [2.45, 2.75) is 31.3 Å². The summed E-state index contributed by atoms with van der Waals surface area (Å²) in [5.74, 6) is 0.123. The second kappa shape index (κ2) is 5.12. The number of nitrogens with zero attached hydrogens (tertiary/aromatic N) is 1. The smallest absolute Gasteiger partial charge is 0.330 e. The minimum atomic E-state index is -1.18. The molecule has 1 saturated heterocycles. The van der Waals surface area contributed by atoms with Gasteiger partial charge in [-0.2, -0.15) is 12.6 Å². The topological polar surface area (TPSA) is 105 Å². The maximum atomic E-state index is 11.7. The molecule has 7 nitrogen and oxygen atoms in total. The van der Waals surface area contributed by atoms with Gasteiger partial charge in [0.2, 0.25) is 0 Å². The Morgan fingerprint density at radius 3 is 2.84 bits per heavy atom. The molecule has 2 heterocycles. The lowest BCUT2D eigenvalue weighted by molar-refractivity contribution is -0.113. The Kier molecular flexibility index (Phi) is 3.86. The molecule has 1 aromatic rings. The van der Waals surface area contributed by atoms with Crippen molar-refractivity contribution in [3.05, 3.63) is 32.6 Å². The van der Waals surface area contributed by atoms with Crippen LogP contribution >= 0.6 is 12.6 Å². The number of aryl methyl sites for hydroxylation is 1. The fourth-order valence-corrected chi connectivity index (χ4v) is 2.49. The number of H-pyrrole nitrogens is 1. The number of thiol groups is 1. The first-order chi connectivity index (χ1) is 8.93. The first-order valence-corrected chi connectivity index (χ1v) is 6.46. The van der Waals surface area contributed by atoms with Gasteiger partial charge in [-0.25, -0.2) is 4.79 Å². The first kappa shape index (κ1) is 14.3. The third kappa shape index (κ3) is 2.36. The molecule has 19 heavy (non-hydrogen) atoms. The Labute approximate surface area is 114 Å². The van der Waals surface area contributed by atoms with Crippen LogP contribution in [0.4, 0.5) is 0 Å². The number of hydrogen-bond donors (Lipinski definition) is 4. The molecule has 3 atom stereocenters. The van der Waals surface area contributed by atoms with E-state index in [2.05, 4.69) is 17.6 Å². The summed E-state index contributed by atoms with van der Waals surface area (Å²) < 4.78 is 6.80. The monoisotopic (exact) mass is 288 g/mol. The van der Waals surface area contributed by atoms with E-state index < -0.39 is 35.8 Å². The van der Waals surface area contributed by atoms with Crippen LogP contribution in [0.3, 0.4) is 0 Å². The number of aromatic nitrogens is 2. The first-order valence-electron chi connectivity index (χ1n) is 5.83.